The zero-order valence-corrected chi connectivity index (χ0v) is 15.3. The van der Waals surface area contributed by atoms with Gasteiger partial charge >= 0.3 is 0 Å². The Labute approximate surface area is 150 Å². The number of amides is 1. The van der Waals surface area contributed by atoms with Gasteiger partial charge in [0.15, 0.2) is 0 Å². The molecule has 0 radical (unpaired) electrons. The summed E-state index contributed by atoms with van der Waals surface area (Å²) in [5.41, 5.74) is 0.910. The number of hydrogen-bond acceptors (Lipinski definition) is 3. The molecule has 1 atom stereocenters. The Hall–Kier alpha value is -1.66. The van der Waals surface area contributed by atoms with E-state index in [1.807, 2.05) is 0 Å². The van der Waals surface area contributed by atoms with Gasteiger partial charge in [-0.25, -0.2) is 8.42 Å². The van der Waals surface area contributed by atoms with Gasteiger partial charge in [0, 0.05) is 26.1 Å². The summed E-state index contributed by atoms with van der Waals surface area (Å²) in [7, 11) is -3.39. The molecule has 0 spiro atoms. The summed E-state index contributed by atoms with van der Waals surface area (Å²) in [6.07, 6.45) is 9.83. The SMILES string of the molecule is O=C(CC1C=CCC1)NCc1ccc(S(=O)(=O)N2CCCCC2)cc1. The van der Waals surface area contributed by atoms with Gasteiger partial charge in [-0.05, 0) is 49.3 Å². The van der Waals surface area contributed by atoms with Crippen molar-refractivity contribution in [1.29, 1.82) is 0 Å². The molecule has 3 rings (SSSR count). The zero-order valence-electron chi connectivity index (χ0n) is 14.5. The van der Waals surface area contributed by atoms with E-state index in [2.05, 4.69) is 17.5 Å². The minimum absolute atomic E-state index is 0.0431. The van der Waals surface area contributed by atoms with Crippen molar-refractivity contribution in [2.24, 2.45) is 5.92 Å². The molecule has 1 aromatic carbocycles. The van der Waals surface area contributed by atoms with Crippen LogP contribution in [0, 0.1) is 5.92 Å². The Morgan fingerprint density at radius 3 is 2.48 bits per heavy atom. The van der Waals surface area contributed by atoms with Crippen LogP contribution in [0.15, 0.2) is 41.3 Å². The van der Waals surface area contributed by atoms with E-state index in [1.54, 1.807) is 28.6 Å². The first-order chi connectivity index (χ1) is 12.1. The smallest absolute Gasteiger partial charge is 0.243 e. The fourth-order valence-corrected chi connectivity index (χ4v) is 4.93. The lowest BCUT2D eigenvalue weighted by molar-refractivity contribution is -0.121. The molecule has 1 amide bonds. The maximum absolute atomic E-state index is 12.6. The molecule has 1 N–H and O–H groups in total. The van der Waals surface area contributed by atoms with Crippen molar-refractivity contribution in [2.75, 3.05) is 13.1 Å². The summed E-state index contributed by atoms with van der Waals surface area (Å²) >= 11 is 0. The van der Waals surface area contributed by atoms with Gasteiger partial charge in [0.2, 0.25) is 15.9 Å². The highest BCUT2D eigenvalue weighted by Crippen LogP contribution is 2.21. The highest BCUT2D eigenvalue weighted by atomic mass is 32.2. The first kappa shape index (κ1) is 18.1. The summed E-state index contributed by atoms with van der Waals surface area (Å²) in [5.74, 6) is 0.402. The summed E-state index contributed by atoms with van der Waals surface area (Å²) < 4.78 is 26.8. The molecule has 1 aromatic rings. The Kier molecular flexibility index (Phi) is 5.91. The normalized spacial score (nSPS) is 21.4. The van der Waals surface area contributed by atoms with Crippen molar-refractivity contribution in [3.05, 3.63) is 42.0 Å². The van der Waals surface area contributed by atoms with Crippen LogP contribution in [-0.2, 0) is 21.4 Å². The van der Waals surface area contributed by atoms with Crippen molar-refractivity contribution in [1.82, 2.24) is 9.62 Å². The molecule has 1 aliphatic heterocycles. The van der Waals surface area contributed by atoms with Crippen molar-refractivity contribution >= 4 is 15.9 Å². The number of carbonyl (C=O) groups excluding carboxylic acids is 1. The minimum atomic E-state index is -3.39. The van der Waals surface area contributed by atoms with Crippen LogP contribution in [0.3, 0.4) is 0 Å². The van der Waals surface area contributed by atoms with Gasteiger partial charge in [-0.1, -0.05) is 30.7 Å². The molecule has 1 heterocycles. The van der Waals surface area contributed by atoms with Gasteiger partial charge in [-0.15, -0.1) is 0 Å². The molecule has 2 aliphatic rings. The van der Waals surface area contributed by atoms with Crippen molar-refractivity contribution in [3.8, 4) is 0 Å². The zero-order chi connectivity index (χ0) is 17.7. The van der Waals surface area contributed by atoms with Gasteiger partial charge in [0.1, 0.15) is 0 Å². The number of rotatable bonds is 6. The van der Waals surface area contributed by atoms with Crippen LogP contribution in [-0.4, -0.2) is 31.7 Å². The van der Waals surface area contributed by atoms with E-state index in [0.717, 1.165) is 37.7 Å². The lowest BCUT2D eigenvalue weighted by Gasteiger charge is -2.25. The third kappa shape index (κ3) is 4.70. The van der Waals surface area contributed by atoms with E-state index >= 15 is 0 Å². The molecule has 1 unspecified atom stereocenters. The lowest BCUT2D eigenvalue weighted by atomic mass is 10.1. The Bertz CT molecular complexity index is 720. The highest BCUT2D eigenvalue weighted by molar-refractivity contribution is 7.89. The third-order valence-corrected chi connectivity index (χ3v) is 6.84. The molecule has 5 nitrogen and oxygen atoms in total. The number of hydrogen-bond donors (Lipinski definition) is 1. The first-order valence-electron chi connectivity index (χ1n) is 9.08. The van der Waals surface area contributed by atoms with Gasteiger partial charge in [-0.3, -0.25) is 4.79 Å². The van der Waals surface area contributed by atoms with Crippen LogP contribution in [0.25, 0.3) is 0 Å². The molecule has 1 saturated heterocycles. The van der Waals surface area contributed by atoms with Crippen LogP contribution in [0.4, 0.5) is 0 Å². The minimum Gasteiger partial charge on any atom is -0.352 e. The fourth-order valence-electron chi connectivity index (χ4n) is 3.41. The van der Waals surface area contributed by atoms with Crippen molar-refractivity contribution in [2.45, 2.75) is 50.0 Å². The third-order valence-electron chi connectivity index (χ3n) is 4.93. The first-order valence-corrected chi connectivity index (χ1v) is 10.5. The number of nitrogens with zero attached hydrogens (tertiary/aromatic N) is 1. The monoisotopic (exact) mass is 362 g/mol. The van der Waals surface area contributed by atoms with Crippen LogP contribution in [0.5, 0.6) is 0 Å². The predicted octanol–water partition coefficient (Wildman–Crippen LogP) is 2.83. The maximum Gasteiger partial charge on any atom is 0.243 e. The average molecular weight is 362 g/mol. The number of nitrogens with one attached hydrogen (secondary N) is 1. The molecule has 0 saturated carbocycles. The number of sulfonamides is 1. The number of benzene rings is 1. The molecule has 1 aliphatic carbocycles. The molecule has 25 heavy (non-hydrogen) atoms. The Morgan fingerprint density at radius 2 is 1.84 bits per heavy atom. The standard InChI is InChI=1S/C19H26N2O3S/c22-19(14-16-6-2-3-7-16)20-15-17-8-10-18(11-9-17)25(23,24)21-12-4-1-5-13-21/h2,6,8-11,16H,1,3-5,7,12-15H2,(H,20,22). The van der Waals surface area contributed by atoms with E-state index in [9.17, 15) is 13.2 Å². The van der Waals surface area contributed by atoms with Gasteiger partial charge in [0.05, 0.1) is 4.90 Å². The van der Waals surface area contributed by atoms with Crippen molar-refractivity contribution < 1.29 is 13.2 Å². The summed E-state index contributed by atoms with van der Waals surface area (Å²) in [4.78, 5) is 12.3. The second-order valence-corrected chi connectivity index (χ2v) is 8.79. The number of allylic oxidation sites excluding steroid dienone is 2. The van der Waals surface area contributed by atoms with Crippen LogP contribution < -0.4 is 5.32 Å². The largest absolute Gasteiger partial charge is 0.352 e. The number of piperidine rings is 1. The van der Waals surface area contributed by atoms with E-state index in [-0.39, 0.29) is 5.91 Å². The van der Waals surface area contributed by atoms with E-state index in [4.69, 9.17) is 0 Å². The summed E-state index contributed by atoms with van der Waals surface area (Å²) in [6.45, 7) is 1.64. The van der Waals surface area contributed by atoms with Gasteiger partial charge in [-0.2, -0.15) is 4.31 Å². The second kappa shape index (κ2) is 8.15. The van der Waals surface area contributed by atoms with Gasteiger partial charge < -0.3 is 5.32 Å². The summed E-state index contributed by atoms with van der Waals surface area (Å²) in [6, 6.07) is 6.86. The van der Waals surface area contributed by atoms with E-state index in [1.165, 1.54) is 0 Å². The molecule has 6 heteroatoms. The Morgan fingerprint density at radius 1 is 1.12 bits per heavy atom. The topological polar surface area (TPSA) is 66.5 Å². The Balaban J connectivity index is 1.54. The van der Waals surface area contributed by atoms with Crippen LogP contribution in [0.2, 0.25) is 0 Å². The van der Waals surface area contributed by atoms with E-state index in [0.29, 0.717) is 36.9 Å². The average Bonchev–Trinajstić information content (AvgIpc) is 3.14. The molecule has 0 aromatic heterocycles. The molecular weight excluding hydrogens is 336 g/mol. The summed E-state index contributed by atoms with van der Waals surface area (Å²) in [5, 5.41) is 2.91. The van der Waals surface area contributed by atoms with Gasteiger partial charge in [0.25, 0.3) is 0 Å². The highest BCUT2D eigenvalue weighted by Gasteiger charge is 2.25. The number of carbonyl (C=O) groups is 1. The molecule has 1 fully saturated rings. The fraction of sp³-hybridized carbons (Fsp3) is 0.526. The van der Waals surface area contributed by atoms with Crippen molar-refractivity contribution in [3.63, 3.8) is 0 Å². The molecular formula is C19H26N2O3S. The predicted molar refractivity (Wildman–Crippen MR) is 97.4 cm³/mol. The van der Waals surface area contributed by atoms with Crippen LogP contribution in [0.1, 0.15) is 44.1 Å². The van der Waals surface area contributed by atoms with E-state index < -0.39 is 10.0 Å². The lowest BCUT2D eigenvalue weighted by Crippen LogP contribution is -2.35. The van der Waals surface area contributed by atoms with Crippen LogP contribution >= 0.6 is 0 Å². The quantitative estimate of drug-likeness (QED) is 0.792. The second-order valence-electron chi connectivity index (χ2n) is 6.86. The molecule has 136 valence electrons. The maximum atomic E-state index is 12.6. The molecule has 0 bridgehead atoms.